The van der Waals surface area contributed by atoms with Crippen LogP contribution in [0.5, 0.6) is 17.2 Å². The smallest absolute Gasteiger partial charge is 0.161 e. The van der Waals surface area contributed by atoms with Crippen molar-refractivity contribution < 1.29 is 14.6 Å². The second-order valence-corrected chi connectivity index (χ2v) is 9.38. The van der Waals surface area contributed by atoms with Crippen LogP contribution in [0.4, 0.5) is 0 Å². The predicted molar refractivity (Wildman–Crippen MR) is 138 cm³/mol. The number of nitrogens with one attached hydrogen (secondary N) is 1. The first kappa shape index (κ1) is 23.4. The Morgan fingerprint density at radius 3 is 2.37 bits per heavy atom. The highest BCUT2D eigenvalue weighted by molar-refractivity contribution is 6.02. The highest BCUT2D eigenvalue weighted by atomic mass is 16.5. The van der Waals surface area contributed by atoms with Gasteiger partial charge in [-0.2, -0.15) is 0 Å². The molecule has 2 aliphatic rings. The Balaban J connectivity index is 1.44. The second kappa shape index (κ2) is 10.1. The van der Waals surface area contributed by atoms with E-state index in [1.807, 2.05) is 36.4 Å². The SMILES string of the molecule is COc1ccc(C2=NC3(CCN(Cc4ccccc4)CC3)NC(c3ccccc3O)C2)cc1OC. The van der Waals surface area contributed by atoms with Crippen LogP contribution < -0.4 is 14.8 Å². The van der Waals surface area contributed by atoms with E-state index in [4.69, 9.17) is 14.5 Å². The number of hydrogen-bond donors (Lipinski definition) is 2. The first-order valence-corrected chi connectivity index (χ1v) is 12.2. The van der Waals surface area contributed by atoms with Crippen LogP contribution in [0.3, 0.4) is 0 Å². The molecule has 0 aliphatic carbocycles. The number of piperidine rings is 1. The maximum Gasteiger partial charge on any atom is 0.161 e. The monoisotopic (exact) mass is 471 g/mol. The first-order valence-electron chi connectivity index (χ1n) is 12.2. The van der Waals surface area contributed by atoms with Gasteiger partial charge in [-0.3, -0.25) is 15.2 Å². The summed E-state index contributed by atoms with van der Waals surface area (Å²) in [5, 5.41) is 14.5. The summed E-state index contributed by atoms with van der Waals surface area (Å²) >= 11 is 0. The van der Waals surface area contributed by atoms with Crippen LogP contribution in [0.15, 0.2) is 77.8 Å². The van der Waals surface area contributed by atoms with Crippen LogP contribution in [0.25, 0.3) is 0 Å². The van der Waals surface area contributed by atoms with E-state index in [1.165, 1.54) is 5.56 Å². The molecular formula is C29H33N3O3. The number of para-hydroxylation sites is 1. The van der Waals surface area contributed by atoms with Crippen LogP contribution >= 0.6 is 0 Å². The summed E-state index contributed by atoms with van der Waals surface area (Å²) in [6, 6.07) is 24.2. The fraction of sp³-hybridized carbons (Fsp3) is 0.345. The highest BCUT2D eigenvalue weighted by Crippen LogP contribution is 2.38. The Kier molecular flexibility index (Phi) is 6.75. The Morgan fingerprint density at radius 2 is 1.66 bits per heavy atom. The topological polar surface area (TPSA) is 66.3 Å². The van der Waals surface area contributed by atoms with Crippen molar-refractivity contribution in [3.8, 4) is 17.2 Å². The zero-order valence-electron chi connectivity index (χ0n) is 20.4. The standard InChI is InChI=1S/C29H33N3O3/c1-34-27-13-12-22(18-28(27)35-2)24-19-25(23-10-6-7-11-26(23)33)31-29(30-24)14-16-32(17-15-29)20-21-8-4-3-5-9-21/h3-13,18,25,31,33H,14-17,19-20H2,1-2H3. The number of hydrogen-bond acceptors (Lipinski definition) is 6. The molecule has 1 spiro atoms. The number of nitrogens with zero attached hydrogens (tertiary/aromatic N) is 2. The molecule has 2 aliphatic heterocycles. The lowest BCUT2D eigenvalue weighted by Crippen LogP contribution is -2.55. The number of rotatable bonds is 6. The Morgan fingerprint density at radius 1 is 0.943 bits per heavy atom. The molecule has 2 heterocycles. The van der Waals surface area contributed by atoms with Crippen molar-refractivity contribution in [3.63, 3.8) is 0 Å². The average molecular weight is 472 g/mol. The molecule has 5 rings (SSSR count). The Hall–Kier alpha value is -3.35. The van der Waals surface area contributed by atoms with Crippen LogP contribution in [-0.2, 0) is 6.54 Å². The zero-order valence-corrected chi connectivity index (χ0v) is 20.4. The Labute approximate surface area is 207 Å². The van der Waals surface area contributed by atoms with E-state index in [2.05, 4.69) is 40.5 Å². The second-order valence-electron chi connectivity index (χ2n) is 9.38. The highest BCUT2D eigenvalue weighted by Gasteiger charge is 2.40. The van der Waals surface area contributed by atoms with Gasteiger partial charge >= 0.3 is 0 Å². The molecule has 6 heteroatoms. The van der Waals surface area contributed by atoms with Crippen molar-refractivity contribution in [3.05, 3.63) is 89.5 Å². The van der Waals surface area contributed by atoms with Crippen molar-refractivity contribution >= 4 is 5.71 Å². The number of aromatic hydroxyl groups is 1. The third kappa shape index (κ3) is 5.04. The summed E-state index contributed by atoms with van der Waals surface area (Å²) in [5.41, 5.74) is 3.92. The van der Waals surface area contributed by atoms with Crippen molar-refractivity contribution in [2.45, 2.75) is 37.5 Å². The predicted octanol–water partition coefficient (Wildman–Crippen LogP) is 4.93. The number of aliphatic imine (C=N–C) groups is 1. The minimum Gasteiger partial charge on any atom is -0.508 e. The molecule has 0 saturated carbocycles. The summed E-state index contributed by atoms with van der Waals surface area (Å²) in [6.07, 6.45) is 2.49. The van der Waals surface area contributed by atoms with Gasteiger partial charge in [-0.25, -0.2) is 0 Å². The van der Waals surface area contributed by atoms with Gasteiger partial charge in [0.15, 0.2) is 11.5 Å². The fourth-order valence-electron chi connectivity index (χ4n) is 5.25. The molecule has 1 unspecified atom stereocenters. The summed E-state index contributed by atoms with van der Waals surface area (Å²) in [4.78, 5) is 7.82. The van der Waals surface area contributed by atoms with Gasteiger partial charge in [-0.15, -0.1) is 0 Å². The van der Waals surface area contributed by atoms with E-state index in [0.717, 1.165) is 49.3 Å². The van der Waals surface area contributed by atoms with Gasteiger partial charge in [0, 0.05) is 43.4 Å². The molecular weight excluding hydrogens is 438 g/mol. The molecule has 182 valence electrons. The van der Waals surface area contributed by atoms with Crippen molar-refractivity contribution in [1.29, 1.82) is 0 Å². The van der Waals surface area contributed by atoms with E-state index in [-0.39, 0.29) is 11.7 Å². The number of methoxy groups -OCH3 is 2. The Bertz CT molecular complexity index is 1190. The molecule has 2 N–H and O–H groups in total. The molecule has 1 fully saturated rings. The summed E-state index contributed by atoms with van der Waals surface area (Å²) in [6.45, 7) is 2.86. The van der Waals surface area contributed by atoms with E-state index in [9.17, 15) is 5.11 Å². The van der Waals surface area contributed by atoms with Crippen LogP contribution in [0, 0.1) is 0 Å². The molecule has 3 aromatic rings. The third-order valence-electron chi connectivity index (χ3n) is 7.15. The van der Waals surface area contributed by atoms with Crippen LogP contribution in [-0.4, -0.2) is 48.7 Å². The molecule has 35 heavy (non-hydrogen) atoms. The van der Waals surface area contributed by atoms with E-state index >= 15 is 0 Å². The van der Waals surface area contributed by atoms with Gasteiger partial charge in [0.05, 0.1) is 14.2 Å². The molecule has 3 aromatic carbocycles. The number of phenols is 1. The molecule has 0 aromatic heterocycles. The fourth-order valence-corrected chi connectivity index (χ4v) is 5.25. The van der Waals surface area contributed by atoms with Crippen molar-refractivity contribution in [2.24, 2.45) is 4.99 Å². The van der Waals surface area contributed by atoms with Gasteiger partial charge in [-0.05, 0) is 48.2 Å². The quantitative estimate of drug-likeness (QED) is 0.534. The third-order valence-corrected chi connectivity index (χ3v) is 7.15. The van der Waals surface area contributed by atoms with Gasteiger partial charge in [0.1, 0.15) is 11.4 Å². The molecule has 0 amide bonds. The molecule has 1 saturated heterocycles. The van der Waals surface area contributed by atoms with Gasteiger partial charge in [0.2, 0.25) is 0 Å². The average Bonchev–Trinajstić information content (AvgIpc) is 2.90. The zero-order chi connectivity index (χ0) is 24.3. The van der Waals surface area contributed by atoms with Crippen molar-refractivity contribution in [2.75, 3.05) is 27.3 Å². The molecule has 1 atom stereocenters. The van der Waals surface area contributed by atoms with Crippen LogP contribution in [0.2, 0.25) is 0 Å². The van der Waals surface area contributed by atoms with E-state index in [1.54, 1.807) is 20.3 Å². The minimum absolute atomic E-state index is 0.0301. The van der Waals surface area contributed by atoms with Crippen LogP contribution in [0.1, 0.15) is 42.0 Å². The normalized spacial score (nSPS) is 19.8. The van der Waals surface area contributed by atoms with E-state index < -0.39 is 0 Å². The lowest BCUT2D eigenvalue weighted by atomic mass is 9.87. The first-order chi connectivity index (χ1) is 17.1. The lowest BCUT2D eigenvalue weighted by Gasteiger charge is -2.45. The lowest BCUT2D eigenvalue weighted by molar-refractivity contribution is 0.119. The largest absolute Gasteiger partial charge is 0.508 e. The molecule has 0 bridgehead atoms. The summed E-state index contributed by atoms with van der Waals surface area (Å²) in [7, 11) is 3.30. The molecule has 0 radical (unpaired) electrons. The maximum absolute atomic E-state index is 10.6. The summed E-state index contributed by atoms with van der Waals surface area (Å²) < 4.78 is 11.0. The van der Waals surface area contributed by atoms with Gasteiger partial charge in [-0.1, -0.05) is 48.5 Å². The number of phenolic OH excluding ortho intramolecular Hbond substituents is 1. The number of benzene rings is 3. The van der Waals surface area contributed by atoms with Crippen molar-refractivity contribution in [1.82, 2.24) is 10.2 Å². The van der Waals surface area contributed by atoms with E-state index in [0.29, 0.717) is 23.7 Å². The van der Waals surface area contributed by atoms with Gasteiger partial charge < -0.3 is 14.6 Å². The summed E-state index contributed by atoms with van der Waals surface area (Å²) in [5.74, 6) is 1.71. The minimum atomic E-state index is -0.374. The number of likely N-dealkylation sites (tertiary alicyclic amines) is 1. The number of ether oxygens (including phenoxy) is 2. The maximum atomic E-state index is 10.6. The van der Waals surface area contributed by atoms with Gasteiger partial charge in [0.25, 0.3) is 0 Å². The molecule has 6 nitrogen and oxygen atoms in total.